The number of halogens is 4. The fraction of sp³-hybridized carbons (Fsp3) is 0.231. The Balaban J connectivity index is 1.68. The number of amides is 1. The van der Waals surface area contributed by atoms with Crippen LogP contribution in [0.2, 0.25) is 0 Å². The van der Waals surface area contributed by atoms with Crippen LogP contribution in [0.1, 0.15) is 42.5 Å². The highest BCUT2D eigenvalue weighted by Crippen LogP contribution is 2.35. The normalized spacial score (nSPS) is 15.7. The van der Waals surface area contributed by atoms with Crippen LogP contribution in [0.5, 0.6) is 0 Å². The molecule has 1 atom stereocenters. The van der Waals surface area contributed by atoms with Gasteiger partial charge in [0.15, 0.2) is 5.69 Å². The molecule has 1 amide bonds. The molecule has 0 bridgehead atoms. The number of rotatable bonds is 6. The maximum atomic E-state index is 13.7. The van der Waals surface area contributed by atoms with Crippen molar-refractivity contribution < 1.29 is 18.0 Å². The van der Waals surface area contributed by atoms with E-state index in [9.17, 15) is 18.0 Å². The highest BCUT2D eigenvalue weighted by Gasteiger charge is 2.38. The number of benzene rings is 2. The standard InChI is InChI=1S/C26H24ClF3N4O/c1-17(2)33(20-14-12-19(13-15-20)31-18-8-4-3-5-9-18)25(35)23-16-24(26(28,29)30)32-34(23)22-11-7-6-10-21(22)27/h3-10,12-17,22,31H,11H2,1-2H3. The van der Waals surface area contributed by atoms with Gasteiger partial charge in [-0.25, -0.2) is 0 Å². The van der Waals surface area contributed by atoms with Gasteiger partial charge < -0.3 is 10.2 Å². The number of anilines is 3. The van der Waals surface area contributed by atoms with Crippen molar-refractivity contribution in [2.75, 3.05) is 10.2 Å². The number of nitrogens with one attached hydrogen (secondary N) is 1. The smallest absolute Gasteiger partial charge is 0.356 e. The summed E-state index contributed by atoms with van der Waals surface area (Å²) in [6, 6.07) is 16.5. The van der Waals surface area contributed by atoms with E-state index in [1.54, 1.807) is 44.2 Å². The second-order valence-corrected chi connectivity index (χ2v) is 8.83. The van der Waals surface area contributed by atoms with E-state index in [0.717, 1.165) is 22.1 Å². The molecule has 0 saturated heterocycles. The third-order valence-corrected chi connectivity index (χ3v) is 5.93. The van der Waals surface area contributed by atoms with Crippen molar-refractivity contribution in [1.82, 2.24) is 9.78 Å². The lowest BCUT2D eigenvalue weighted by Gasteiger charge is -2.28. The maximum Gasteiger partial charge on any atom is 0.435 e. The quantitative estimate of drug-likeness (QED) is 0.385. The summed E-state index contributed by atoms with van der Waals surface area (Å²) >= 11 is 6.30. The van der Waals surface area contributed by atoms with Gasteiger partial charge in [-0.15, -0.1) is 0 Å². The summed E-state index contributed by atoms with van der Waals surface area (Å²) in [6.07, 6.45) is 0.723. The van der Waals surface area contributed by atoms with Gasteiger partial charge in [-0.3, -0.25) is 9.48 Å². The number of allylic oxidation sites excluding steroid dienone is 4. The highest BCUT2D eigenvalue weighted by molar-refractivity contribution is 6.30. The van der Waals surface area contributed by atoms with Crippen LogP contribution in [0.25, 0.3) is 0 Å². The third kappa shape index (κ3) is 5.43. The molecule has 1 aliphatic rings. The third-order valence-electron chi connectivity index (χ3n) is 5.55. The first kappa shape index (κ1) is 24.6. The Labute approximate surface area is 206 Å². The Bertz CT molecular complexity index is 1250. The summed E-state index contributed by atoms with van der Waals surface area (Å²) in [6.45, 7) is 3.60. The lowest BCUT2D eigenvalue weighted by Crippen LogP contribution is -2.38. The van der Waals surface area contributed by atoms with Gasteiger partial charge in [0.05, 0.1) is 6.04 Å². The fourth-order valence-electron chi connectivity index (χ4n) is 3.90. The zero-order valence-corrected chi connectivity index (χ0v) is 19.9. The molecule has 0 aliphatic heterocycles. The molecule has 2 aromatic carbocycles. The van der Waals surface area contributed by atoms with E-state index in [4.69, 9.17) is 11.6 Å². The Hall–Kier alpha value is -3.52. The summed E-state index contributed by atoms with van der Waals surface area (Å²) in [5.41, 5.74) is 0.962. The molecule has 1 aromatic heterocycles. The molecule has 0 spiro atoms. The van der Waals surface area contributed by atoms with Crippen LogP contribution in [-0.2, 0) is 6.18 Å². The van der Waals surface area contributed by atoms with Crippen molar-refractivity contribution in [3.8, 4) is 0 Å². The van der Waals surface area contributed by atoms with E-state index < -0.39 is 23.8 Å². The van der Waals surface area contributed by atoms with Gasteiger partial charge in [0.2, 0.25) is 0 Å². The summed E-state index contributed by atoms with van der Waals surface area (Å²) in [5, 5.41) is 7.33. The molecule has 1 N–H and O–H groups in total. The summed E-state index contributed by atoms with van der Waals surface area (Å²) in [5.74, 6) is -0.592. The molecule has 35 heavy (non-hydrogen) atoms. The number of carbonyl (C=O) groups excluding carboxylic acids is 1. The predicted octanol–water partition coefficient (Wildman–Crippen LogP) is 7.32. The van der Waals surface area contributed by atoms with E-state index in [2.05, 4.69) is 10.4 Å². The number of hydrogen-bond donors (Lipinski definition) is 1. The van der Waals surface area contributed by atoms with Crippen molar-refractivity contribution in [1.29, 1.82) is 0 Å². The molecule has 9 heteroatoms. The first-order valence-corrected chi connectivity index (χ1v) is 11.5. The van der Waals surface area contributed by atoms with E-state index >= 15 is 0 Å². The lowest BCUT2D eigenvalue weighted by molar-refractivity contribution is -0.141. The van der Waals surface area contributed by atoms with Crippen molar-refractivity contribution in [3.05, 3.63) is 95.3 Å². The van der Waals surface area contributed by atoms with E-state index in [1.807, 2.05) is 42.5 Å². The second kappa shape index (κ2) is 10.00. The summed E-state index contributed by atoms with van der Waals surface area (Å²) in [4.78, 5) is 15.1. The number of nitrogens with zero attached hydrogens (tertiary/aromatic N) is 3. The Morgan fingerprint density at radius 3 is 2.37 bits per heavy atom. The minimum absolute atomic E-state index is 0.177. The van der Waals surface area contributed by atoms with Crippen molar-refractivity contribution in [3.63, 3.8) is 0 Å². The first-order valence-electron chi connectivity index (χ1n) is 11.1. The number of hydrogen-bond acceptors (Lipinski definition) is 3. The Morgan fingerprint density at radius 2 is 1.77 bits per heavy atom. The maximum absolute atomic E-state index is 13.7. The van der Waals surface area contributed by atoms with Gasteiger partial charge in [-0.2, -0.15) is 18.3 Å². The fourth-order valence-corrected chi connectivity index (χ4v) is 4.16. The highest BCUT2D eigenvalue weighted by atomic mass is 35.5. The number of para-hydroxylation sites is 1. The van der Waals surface area contributed by atoms with Gasteiger partial charge in [-0.05, 0) is 62.7 Å². The van der Waals surface area contributed by atoms with Crippen LogP contribution in [0, 0.1) is 0 Å². The minimum Gasteiger partial charge on any atom is -0.356 e. The Kier molecular flexibility index (Phi) is 7.03. The summed E-state index contributed by atoms with van der Waals surface area (Å²) < 4.78 is 41.7. The molecule has 4 rings (SSSR count). The van der Waals surface area contributed by atoms with Gasteiger partial charge in [0.25, 0.3) is 5.91 Å². The average Bonchev–Trinajstić information content (AvgIpc) is 3.27. The molecular formula is C26H24ClF3N4O. The van der Waals surface area contributed by atoms with Crippen LogP contribution in [0.4, 0.5) is 30.2 Å². The molecular weight excluding hydrogens is 477 g/mol. The van der Waals surface area contributed by atoms with E-state index in [-0.39, 0.29) is 11.7 Å². The SMILES string of the molecule is CC(C)N(C(=O)c1cc(C(F)(F)F)nn1C1CC=CC=C1Cl)c1ccc(Nc2ccccc2)cc1. The Morgan fingerprint density at radius 1 is 1.11 bits per heavy atom. The molecule has 1 aliphatic carbocycles. The van der Waals surface area contributed by atoms with Gasteiger partial charge >= 0.3 is 6.18 Å². The number of aromatic nitrogens is 2. The van der Waals surface area contributed by atoms with Gasteiger partial charge in [0.1, 0.15) is 5.69 Å². The van der Waals surface area contributed by atoms with Crippen LogP contribution in [0.3, 0.4) is 0 Å². The van der Waals surface area contributed by atoms with Crippen molar-refractivity contribution >= 4 is 34.6 Å². The molecule has 1 heterocycles. The summed E-state index contributed by atoms with van der Waals surface area (Å²) in [7, 11) is 0. The predicted molar refractivity (Wildman–Crippen MR) is 132 cm³/mol. The van der Waals surface area contributed by atoms with E-state index in [1.165, 1.54) is 4.90 Å². The van der Waals surface area contributed by atoms with Crippen molar-refractivity contribution in [2.24, 2.45) is 0 Å². The van der Waals surface area contributed by atoms with Crippen LogP contribution < -0.4 is 10.2 Å². The topological polar surface area (TPSA) is 50.2 Å². The lowest BCUT2D eigenvalue weighted by atomic mass is 10.1. The molecule has 5 nitrogen and oxygen atoms in total. The largest absolute Gasteiger partial charge is 0.435 e. The monoisotopic (exact) mass is 500 g/mol. The minimum atomic E-state index is -4.70. The van der Waals surface area contributed by atoms with Gasteiger partial charge in [0, 0.05) is 34.2 Å². The zero-order chi connectivity index (χ0) is 25.2. The van der Waals surface area contributed by atoms with E-state index in [0.29, 0.717) is 17.1 Å². The molecule has 3 aromatic rings. The molecule has 1 unspecified atom stereocenters. The zero-order valence-electron chi connectivity index (χ0n) is 19.1. The molecule has 0 radical (unpaired) electrons. The van der Waals surface area contributed by atoms with Gasteiger partial charge in [-0.1, -0.05) is 42.0 Å². The molecule has 0 saturated carbocycles. The van der Waals surface area contributed by atoms with Crippen LogP contribution in [0.15, 0.2) is 83.9 Å². The second-order valence-electron chi connectivity index (χ2n) is 8.40. The first-order chi connectivity index (χ1) is 16.6. The number of alkyl halides is 3. The molecule has 182 valence electrons. The van der Waals surface area contributed by atoms with Crippen LogP contribution in [-0.4, -0.2) is 21.7 Å². The number of carbonyl (C=O) groups is 1. The van der Waals surface area contributed by atoms with Crippen molar-refractivity contribution in [2.45, 2.75) is 38.5 Å². The molecule has 0 fully saturated rings. The van der Waals surface area contributed by atoms with Crippen LogP contribution >= 0.6 is 11.6 Å². The average molecular weight is 501 g/mol.